The van der Waals surface area contributed by atoms with Gasteiger partial charge in [0.15, 0.2) is 5.11 Å². The smallest absolute Gasteiger partial charge is 0.293 e. The van der Waals surface area contributed by atoms with E-state index in [0.29, 0.717) is 11.3 Å². The second-order valence-electron chi connectivity index (χ2n) is 5.52. The number of piperidine rings is 1. The molecule has 0 aliphatic carbocycles. The fraction of sp³-hybridized carbons (Fsp3) is 0.333. The van der Waals surface area contributed by atoms with Crippen LogP contribution < -0.4 is 15.5 Å². The normalized spacial score (nSPS) is 19.7. The Morgan fingerprint density at radius 2 is 1.96 bits per heavy atom. The van der Waals surface area contributed by atoms with Gasteiger partial charge in [0.2, 0.25) is 0 Å². The second kappa shape index (κ2) is 6.33. The number of thiocarbonyl (C=S) groups is 1. The van der Waals surface area contributed by atoms with Gasteiger partial charge in [-0.05, 0) is 49.2 Å². The van der Waals surface area contributed by atoms with Gasteiger partial charge >= 0.3 is 0 Å². The number of hydrogen-bond donors (Lipinski definition) is 2. The van der Waals surface area contributed by atoms with Crippen LogP contribution in [0.1, 0.15) is 24.8 Å². The third-order valence-corrected chi connectivity index (χ3v) is 4.13. The molecule has 2 aliphatic rings. The number of nitrogens with one attached hydrogen (secondary N) is 2. The number of anilines is 1. The van der Waals surface area contributed by atoms with Crippen LogP contribution in [0, 0.1) is 10.1 Å². The molecule has 0 unspecified atom stereocenters. The minimum Gasteiger partial charge on any atom is -0.366 e. The minimum absolute atomic E-state index is 0.0576. The van der Waals surface area contributed by atoms with Gasteiger partial charge < -0.3 is 10.2 Å². The summed E-state index contributed by atoms with van der Waals surface area (Å²) in [6.45, 7) is 1.67. The van der Waals surface area contributed by atoms with Crippen LogP contribution in [-0.2, 0) is 4.79 Å². The van der Waals surface area contributed by atoms with Gasteiger partial charge in [0.05, 0.1) is 4.92 Å². The lowest BCUT2D eigenvalue weighted by Crippen LogP contribution is -2.29. The van der Waals surface area contributed by atoms with Gasteiger partial charge in [-0.2, -0.15) is 0 Å². The second-order valence-corrected chi connectivity index (χ2v) is 5.93. The number of rotatable bonds is 3. The first-order chi connectivity index (χ1) is 11.0. The summed E-state index contributed by atoms with van der Waals surface area (Å²) in [6, 6.07) is 5.02. The molecule has 2 fully saturated rings. The highest BCUT2D eigenvalue weighted by Crippen LogP contribution is 2.31. The lowest BCUT2D eigenvalue weighted by molar-refractivity contribution is -0.384. The van der Waals surface area contributed by atoms with Crippen molar-refractivity contribution < 1.29 is 9.72 Å². The zero-order chi connectivity index (χ0) is 16.4. The highest BCUT2D eigenvalue weighted by Gasteiger charge is 2.23. The van der Waals surface area contributed by atoms with Crippen LogP contribution in [0.5, 0.6) is 0 Å². The Morgan fingerprint density at radius 1 is 1.22 bits per heavy atom. The number of nitrogens with zero attached hydrogens (tertiary/aromatic N) is 2. The minimum atomic E-state index is -0.376. The Balaban J connectivity index is 1.93. The van der Waals surface area contributed by atoms with E-state index in [2.05, 4.69) is 10.6 Å². The lowest BCUT2D eigenvalue weighted by Gasteiger charge is -2.28. The molecule has 0 aromatic heterocycles. The molecule has 0 spiro atoms. The number of nitro benzene ring substituents is 1. The van der Waals surface area contributed by atoms with Crippen LogP contribution in [0.2, 0.25) is 0 Å². The van der Waals surface area contributed by atoms with Crippen molar-refractivity contribution in [3.63, 3.8) is 0 Å². The van der Waals surface area contributed by atoms with Crippen molar-refractivity contribution in [3.8, 4) is 0 Å². The van der Waals surface area contributed by atoms with E-state index >= 15 is 0 Å². The van der Waals surface area contributed by atoms with Gasteiger partial charge in [-0.15, -0.1) is 0 Å². The fourth-order valence-electron chi connectivity index (χ4n) is 2.83. The summed E-state index contributed by atoms with van der Waals surface area (Å²) in [6.07, 6.45) is 4.81. The van der Waals surface area contributed by atoms with Crippen molar-refractivity contribution in [2.75, 3.05) is 18.0 Å². The Labute approximate surface area is 138 Å². The summed E-state index contributed by atoms with van der Waals surface area (Å²) < 4.78 is 0. The van der Waals surface area contributed by atoms with E-state index in [9.17, 15) is 14.9 Å². The molecule has 1 aromatic rings. The van der Waals surface area contributed by atoms with Gasteiger partial charge in [-0.1, -0.05) is 6.07 Å². The standard InChI is InChI=1S/C15H16N4O3S/c20-14-11(16-15(23)17-14)8-10-4-5-12(13(9-10)19(21)22)18-6-2-1-3-7-18/h4-5,8-9H,1-3,6-7H2,(H2,16,17,20,23). The third kappa shape index (κ3) is 3.31. The van der Waals surface area contributed by atoms with E-state index in [1.807, 2.05) is 4.90 Å². The molecule has 0 saturated carbocycles. The van der Waals surface area contributed by atoms with E-state index in [1.165, 1.54) is 6.07 Å². The molecule has 1 aromatic carbocycles. The molecule has 2 N–H and O–H groups in total. The van der Waals surface area contributed by atoms with Crippen molar-refractivity contribution in [2.45, 2.75) is 19.3 Å². The van der Waals surface area contributed by atoms with Gasteiger partial charge in [0.1, 0.15) is 11.4 Å². The van der Waals surface area contributed by atoms with Crippen LogP contribution >= 0.6 is 12.2 Å². The molecule has 3 rings (SSSR count). The van der Waals surface area contributed by atoms with E-state index in [4.69, 9.17) is 12.2 Å². The lowest BCUT2D eigenvalue weighted by atomic mass is 10.1. The molecule has 8 heteroatoms. The largest absolute Gasteiger partial charge is 0.366 e. The molecule has 2 saturated heterocycles. The van der Waals surface area contributed by atoms with Crippen molar-refractivity contribution in [1.82, 2.24) is 10.6 Å². The van der Waals surface area contributed by atoms with Crippen LogP contribution in [0.15, 0.2) is 23.9 Å². The number of nitro groups is 1. The molecule has 0 radical (unpaired) electrons. The maximum atomic E-state index is 11.7. The SMILES string of the molecule is O=C1NC(=S)NC1=Cc1ccc(N2CCCCC2)c([N+](=O)[O-])c1. The predicted molar refractivity (Wildman–Crippen MR) is 91.0 cm³/mol. The number of benzene rings is 1. The van der Waals surface area contributed by atoms with Crippen LogP contribution in [0.3, 0.4) is 0 Å². The molecule has 7 nitrogen and oxygen atoms in total. The van der Waals surface area contributed by atoms with Crippen LogP contribution in [-0.4, -0.2) is 29.0 Å². The third-order valence-electron chi connectivity index (χ3n) is 3.92. The summed E-state index contributed by atoms with van der Waals surface area (Å²) in [5.74, 6) is -0.335. The molecule has 2 heterocycles. The molecule has 120 valence electrons. The van der Waals surface area contributed by atoms with E-state index < -0.39 is 0 Å². The van der Waals surface area contributed by atoms with E-state index in [1.54, 1.807) is 18.2 Å². The summed E-state index contributed by atoms with van der Waals surface area (Å²) in [5, 5.41) is 16.8. The van der Waals surface area contributed by atoms with Crippen molar-refractivity contribution in [3.05, 3.63) is 39.6 Å². The number of carbonyl (C=O) groups excluding carboxylic acids is 1. The molecule has 23 heavy (non-hydrogen) atoms. The summed E-state index contributed by atoms with van der Waals surface area (Å²) in [7, 11) is 0. The number of hydrogen-bond acceptors (Lipinski definition) is 5. The molecule has 1 amide bonds. The van der Waals surface area contributed by atoms with Gasteiger partial charge in [-0.25, -0.2) is 0 Å². The quantitative estimate of drug-likeness (QED) is 0.381. The highest BCUT2D eigenvalue weighted by molar-refractivity contribution is 7.80. The summed E-state index contributed by atoms with van der Waals surface area (Å²) in [4.78, 5) is 24.7. The average Bonchev–Trinajstić information content (AvgIpc) is 2.85. The molecule has 0 bridgehead atoms. The van der Waals surface area contributed by atoms with Crippen molar-refractivity contribution in [1.29, 1.82) is 0 Å². The zero-order valence-electron chi connectivity index (χ0n) is 12.4. The van der Waals surface area contributed by atoms with Crippen LogP contribution in [0.4, 0.5) is 11.4 Å². The topological polar surface area (TPSA) is 87.5 Å². The molecular weight excluding hydrogens is 316 g/mol. The van der Waals surface area contributed by atoms with Crippen LogP contribution in [0.25, 0.3) is 6.08 Å². The maximum Gasteiger partial charge on any atom is 0.293 e. The van der Waals surface area contributed by atoms with Gasteiger partial charge in [0.25, 0.3) is 11.6 Å². The first kappa shape index (κ1) is 15.4. The van der Waals surface area contributed by atoms with Gasteiger partial charge in [0, 0.05) is 19.2 Å². The van der Waals surface area contributed by atoms with Crippen molar-refractivity contribution >= 4 is 40.7 Å². The molecule has 2 aliphatic heterocycles. The van der Waals surface area contributed by atoms with Crippen molar-refractivity contribution in [2.24, 2.45) is 0 Å². The Kier molecular flexibility index (Phi) is 4.24. The summed E-state index contributed by atoms with van der Waals surface area (Å²) in [5.41, 5.74) is 1.56. The Hall–Kier alpha value is -2.48. The number of carbonyl (C=O) groups is 1. The first-order valence-electron chi connectivity index (χ1n) is 7.42. The zero-order valence-corrected chi connectivity index (χ0v) is 13.2. The maximum absolute atomic E-state index is 11.7. The van der Waals surface area contributed by atoms with Gasteiger partial charge in [-0.3, -0.25) is 20.2 Å². The Morgan fingerprint density at radius 3 is 2.57 bits per heavy atom. The Bertz CT molecular complexity index is 711. The van der Waals surface area contributed by atoms with E-state index in [-0.39, 0.29) is 27.3 Å². The van der Waals surface area contributed by atoms with E-state index in [0.717, 1.165) is 32.4 Å². The predicted octanol–water partition coefficient (Wildman–Crippen LogP) is 1.93. The first-order valence-corrected chi connectivity index (χ1v) is 7.83. The molecular formula is C15H16N4O3S. The number of amides is 1. The fourth-order valence-corrected chi connectivity index (χ4v) is 3.03. The monoisotopic (exact) mass is 332 g/mol. The average molecular weight is 332 g/mol. The summed E-state index contributed by atoms with van der Waals surface area (Å²) >= 11 is 4.86. The molecule has 0 atom stereocenters. The highest BCUT2D eigenvalue weighted by atomic mass is 32.1.